The van der Waals surface area contributed by atoms with Gasteiger partial charge < -0.3 is 9.15 Å². The van der Waals surface area contributed by atoms with Gasteiger partial charge in [-0.05, 0) is 26.3 Å². The molecule has 0 spiro atoms. The number of carbonyl (C=O) groups excluding carboxylic acids is 1. The number of nitrogens with zero attached hydrogens (tertiary/aromatic N) is 1. The molecule has 0 atom stereocenters. The molecule has 0 saturated carbocycles. The number of benzene rings is 1. The van der Waals surface area contributed by atoms with Crippen LogP contribution in [-0.2, 0) is 4.74 Å². The molecule has 0 amide bonds. The highest BCUT2D eigenvalue weighted by Crippen LogP contribution is 2.25. The van der Waals surface area contributed by atoms with Gasteiger partial charge in [0, 0.05) is 5.56 Å². The molecule has 0 saturated heterocycles. The van der Waals surface area contributed by atoms with Crippen molar-refractivity contribution in [2.75, 3.05) is 6.61 Å². The van der Waals surface area contributed by atoms with E-state index in [4.69, 9.17) is 9.15 Å². The predicted molar refractivity (Wildman–Crippen MR) is 67.4 cm³/mol. The third-order valence-corrected chi connectivity index (χ3v) is 2.60. The fraction of sp³-hybridized carbons (Fsp3) is 0.286. The van der Waals surface area contributed by atoms with E-state index in [1.54, 1.807) is 13.1 Å². The number of esters is 1. The summed E-state index contributed by atoms with van der Waals surface area (Å²) in [5.41, 5.74) is 3.20. The molecule has 94 valence electrons. The van der Waals surface area contributed by atoms with Crippen molar-refractivity contribution in [3.05, 3.63) is 41.4 Å². The van der Waals surface area contributed by atoms with Crippen molar-refractivity contribution in [1.82, 2.24) is 4.98 Å². The van der Waals surface area contributed by atoms with Gasteiger partial charge in [-0.3, -0.25) is 0 Å². The van der Waals surface area contributed by atoms with Crippen LogP contribution >= 0.6 is 0 Å². The summed E-state index contributed by atoms with van der Waals surface area (Å²) in [4.78, 5) is 15.4. The van der Waals surface area contributed by atoms with Crippen LogP contribution in [0.4, 0.5) is 0 Å². The maximum absolute atomic E-state index is 11.4. The number of carbonyl (C=O) groups is 1. The molecule has 0 bridgehead atoms. The number of aromatic nitrogens is 1. The smallest absolute Gasteiger partial charge is 0.394 e. The first kappa shape index (κ1) is 12.4. The van der Waals surface area contributed by atoms with Crippen molar-refractivity contribution in [2.24, 2.45) is 0 Å². The lowest BCUT2D eigenvalue weighted by Gasteiger charge is -2.02. The maximum Gasteiger partial charge on any atom is 0.394 e. The lowest BCUT2D eigenvalue weighted by Crippen LogP contribution is -2.04. The molecule has 0 aliphatic heterocycles. The number of hydrogen-bond acceptors (Lipinski definition) is 4. The molecule has 0 radical (unpaired) electrons. The average Bonchev–Trinajstić information content (AvgIpc) is 2.78. The van der Waals surface area contributed by atoms with Gasteiger partial charge in [0.2, 0.25) is 0 Å². The SMILES string of the molecule is CCOC(=O)c1ncc(-c2ccc(C)cc2C)o1. The second-order valence-electron chi connectivity index (χ2n) is 4.07. The van der Waals surface area contributed by atoms with Crippen LogP contribution in [0, 0.1) is 13.8 Å². The molecule has 0 unspecified atom stereocenters. The summed E-state index contributed by atoms with van der Waals surface area (Å²) < 4.78 is 10.3. The van der Waals surface area contributed by atoms with Gasteiger partial charge in [-0.1, -0.05) is 23.8 Å². The monoisotopic (exact) mass is 245 g/mol. The highest BCUT2D eigenvalue weighted by molar-refractivity contribution is 5.84. The summed E-state index contributed by atoms with van der Waals surface area (Å²) >= 11 is 0. The zero-order valence-electron chi connectivity index (χ0n) is 10.7. The molecule has 18 heavy (non-hydrogen) atoms. The predicted octanol–water partition coefficient (Wildman–Crippen LogP) is 3.14. The van der Waals surface area contributed by atoms with Crippen LogP contribution in [0.25, 0.3) is 11.3 Å². The zero-order valence-corrected chi connectivity index (χ0v) is 10.7. The molecule has 0 aliphatic rings. The Labute approximate surface area is 106 Å². The van der Waals surface area contributed by atoms with Gasteiger partial charge in [-0.25, -0.2) is 9.78 Å². The number of ether oxygens (including phenoxy) is 1. The first-order valence-corrected chi connectivity index (χ1v) is 5.82. The molecule has 0 fully saturated rings. The van der Waals surface area contributed by atoms with E-state index in [1.807, 2.05) is 26.0 Å². The quantitative estimate of drug-likeness (QED) is 0.779. The molecule has 2 rings (SSSR count). The summed E-state index contributed by atoms with van der Waals surface area (Å²) in [6, 6.07) is 6.01. The third-order valence-electron chi connectivity index (χ3n) is 2.60. The van der Waals surface area contributed by atoms with Gasteiger partial charge in [0.25, 0.3) is 0 Å². The molecular formula is C14H15NO3. The van der Waals surface area contributed by atoms with Gasteiger partial charge >= 0.3 is 11.9 Å². The molecule has 1 aromatic carbocycles. The lowest BCUT2D eigenvalue weighted by molar-refractivity contribution is 0.0482. The van der Waals surface area contributed by atoms with E-state index in [2.05, 4.69) is 11.1 Å². The molecule has 0 N–H and O–H groups in total. The zero-order chi connectivity index (χ0) is 13.1. The Hall–Kier alpha value is -2.10. The Morgan fingerprint density at radius 3 is 2.83 bits per heavy atom. The standard InChI is InChI=1S/C14H15NO3/c1-4-17-14(16)13-15-8-12(18-13)11-6-5-9(2)7-10(11)3/h5-8H,4H2,1-3H3. The van der Waals surface area contributed by atoms with E-state index in [0.29, 0.717) is 12.4 Å². The molecule has 4 nitrogen and oxygen atoms in total. The van der Waals surface area contributed by atoms with Crippen LogP contribution in [0.5, 0.6) is 0 Å². The van der Waals surface area contributed by atoms with E-state index in [1.165, 1.54) is 5.56 Å². The summed E-state index contributed by atoms with van der Waals surface area (Å²) in [7, 11) is 0. The molecule has 1 aromatic heterocycles. The second-order valence-corrected chi connectivity index (χ2v) is 4.07. The number of rotatable bonds is 3. The van der Waals surface area contributed by atoms with Gasteiger partial charge in [-0.15, -0.1) is 0 Å². The molecule has 4 heteroatoms. The summed E-state index contributed by atoms with van der Waals surface area (Å²) in [5, 5.41) is 0. The van der Waals surface area contributed by atoms with Crippen LogP contribution in [0.1, 0.15) is 28.7 Å². The molecule has 2 aromatic rings. The Morgan fingerprint density at radius 2 is 2.17 bits per heavy atom. The largest absolute Gasteiger partial charge is 0.459 e. The molecule has 0 aliphatic carbocycles. The van der Waals surface area contributed by atoms with E-state index in [9.17, 15) is 4.79 Å². The molecular weight excluding hydrogens is 230 g/mol. The molecule has 1 heterocycles. The Bertz CT molecular complexity index is 572. The number of hydrogen-bond donors (Lipinski definition) is 0. The number of oxazole rings is 1. The Balaban J connectivity index is 2.32. The highest BCUT2D eigenvalue weighted by Gasteiger charge is 2.15. The fourth-order valence-electron chi connectivity index (χ4n) is 1.78. The van der Waals surface area contributed by atoms with Gasteiger partial charge in [0.1, 0.15) is 0 Å². The minimum absolute atomic E-state index is 0.00757. The lowest BCUT2D eigenvalue weighted by atomic mass is 10.0. The third kappa shape index (κ3) is 2.42. The minimum atomic E-state index is -0.534. The summed E-state index contributed by atoms with van der Waals surface area (Å²) in [5.74, 6) is 0.0379. The van der Waals surface area contributed by atoms with Crippen molar-refractivity contribution in [3.8, 4) is 11.3 Å². The average molecular weight is 245 g/mol. The van der Waals surface area contributed by atoms with Crippen LogP contribution in [0.15, 0.2) is 28.8 Å². The van der Waals surface area contributed by atoms with Crippen LogP contribution in [0.2, 0.25) is 0 Å². The fourth-order valence-corrected chi connectivity index (χ4v) is 1.78. The van der Waals surface area contributed by atoms with E-state index in [-0.39, 0.29) is 5.89 Å². The normalized spacial score (nSPS) is 10.4. The van der Waals surface area contributed by atoms with Crippen molar-refractivity contribution in [1.29, 1.82) is 0 Å². The first-order valence-electron chi connectivity index (χ1n) is 5.82. The van der Waals surface area contributed by atoms with Crippen LogP contribution < -0.4 is 0 Å². The minimum Gasteiger partial charge on any atom is -0.459 e. The van der Waals surface area contributed by atoms with Crippen molar-refractivity contribution < 1.29 is 13.9 Å². The maximum atomic E-state index is 11.4. The summed E-state index contributed by atoms with van der Waals surface area (Å²) in [6.07, 6.45) is 1.55. The van der Waals surface area contributed by atoms with Gasteiger partial charge in [0.05, 0.1) is 12.8 Å². The Kier molecular flexibility index (Phi) is 3.46. The van der Waals surface area contributed by atoms with Crippen molar-refractivity contribution in [3.63, 3.8) is 0 Å². The van der Waals surface area contributed by atoms with Crippen LogP contribution in [0.3, 0.4) is 0 Å². The van der Waals surface area contributed by atoms with E-state index in [0.717, 1.165) is 11.1 Å². The van der Waals surface area contributed by atoms with Gasteiger partial charge in [0.15, 0.2) is 5.76 Å². The van der Waals surface area contributed by atoms with Crippen LogP contribution in [-0.4, -0.2) is 17.6 Å². The second kappa shape index (κ2) is 5.04. The summed E-state index contributed by atoms with van der Waals surface area (Å²) in [6.45, 7) is 6.07. The number of aryl methyl sites for hydroxylation is 2. The van der Waals surface area contributed by atoms with E-state index >= 15 is 0 Å². The van der Waals surface area contributed by atoms with E-state index < -0.39 is 5.97 Å². The van der Waals surface area contributed by atoms with Gasteiger partial charge in [-0.2, -0.15) is 0 Å². The first-order chi connectivity index (χ1) is 8.61. The highest BCUT2D eigenvalue weighted by atomic mass is 16.5. The van der Waals surface area contributed by atoms with Crippen molar-refractivity contribution in [2.45, 2.75) is 20.8 Å². The topological polar surface area (TPSA) is 52.3 Å². The Morgan fingerprint density at radius 1 is 1.39 bits per heavy atom. The van der Waals surface area contributed by atoms with Crippen molar-refractivity contribution >= 4 is 5.97 Å².